The van der Waals surface area contributed by atoms with Gasteiger partial charge in [-0.3, -0.25) is 0 Å². The Morgan fingerprint density at radius 2 is 2.28 bits per heavy atom. The molecule has 1 heterocycles. The molecule has 2 rings (SSSR count). The summed E-state index contributed by atoms with van der Waals surface area (Å²) in [5.74, 6) is -0.183. The van der Waals surface area contributed by atoms with Crippen molar-refractivity contribution >= 4 is 5.97 Å². The normalized spacial score (nSPS) is 28.9. The molecule has 1 aliphatic carbocycles. The molecule has 2 unspecified atom stereocenters. The second-order valence-corrected chi connectivity index (χ2v) is 5.21. The molecule has 0 spiro atoms. The molecule has 1 aromatic rings. The molecule has 1 saturated carbocycles. The number of hydrogen-bond acceptors (Lipinski definition) is 3. The van der Waals surface area contributed by atoms with Gasteiger partial charge in [0.1, 0.15) is 16.9 Å². The first-order valence-electron chi connectivity index (χ1n) is 6.60. The molecule has 0 saturated heterocycles. The van der Waals surface area contributed by atoms with Gasteiger partial charge in [-0.15, -0.1) is 0 Å². The van der Waals surface area contributed by atoms with Crippen LogP contribution < -0.4 is 0 Å². The first-order valence-corrected chi connectivity index (χ1v) is 6.60. The molecule has 1 aromatic heterocycles. The van der Waals surface area contributed by atoms with E-state index >= 15 is 0 Å². The lowest BCUT2D eigenvalue weighted by Gasteiger charge is -2.25. The van der Waals surface area contributed by atoms with Crippen molar-refractivity contribution < 1.29 is 19.4 Å². The van der Waals surface area contributed by atoms with Crippen molar-refractivity contribution in [2.75, 3.05) is 0 Å². The first kappa shape index (κ1) is 13.1. The van der Waals surface area contributed by atoms with E-state index in [1.54, 1.807) is 0 Å². The standard InChI is InChI=1S/C14H20O4/c1-2-10-4-3-7-14(17,8-5-10)12-11(13(15)16)6-9-18-12/h6,9-10,17H,2-5,7-8H2,1H3,(H,15,16). The molecule has 4 nitrogen and oxygen atoms in total. The van der Waals surface area contributed by atoms with Gasteiger partial charge in [0.15, 0.2) is 0 Å². The summed E-state index contributed by atoms with van der Waals surface area (Å²) in [6.07, 6.45) is 6.55. The number of furan rings is 1. The van der Waals surface area contributed by atoms with Gasteiger partial charge in [0, 0.05) is 0 Å². The predicted molar refractivity (Wildman–Crippen MR) is 66.4 cm³/mol. The van der Waals surface area contributed by atoms with Crippen LogP contribution in [0.5, 0.6) is 0 Å². The molecule has 0 radical (unpaired) electrons. The third kappa shape index (κ3) is 2.43. The highest BCUT2D eigenvalue weighted by molar-refractivity contribution is 5.89. The SMILES string of the molecule is CCC1CCCC(O)(c2occc2C(=O)O)CC1. The Hall–Kier alpha value is -1.29. The molecule has 2 N–H and O–H groups in total. The van der Waals surface area contributed by atoms with Crippen LogP contribution in [0.3, 0.4) is 0 Å². The van der Waals surface area contributed by atoms with Gasteiger partial charge in [-0.2, -0.15) is 0 Å². The summed E-state index contributed by atoms with van der Waals surface area (Å²) in [6, 6.07) is 1.41. The van der Waals surface area contributed by atoms with Gasteiger partial charge in [-0.05, 0) is 37.7 Å². The fourth-order valence-electron chi connectivity index (χ4n) is 2.87. The topological polar surface area (TPSA) is 70.7 Å². The number of hydrogen-bond donors (Lipinski definition) is 2. The molecule has 0 aromatic carbocycles. The van der Waals surface area contributed by atoms with Crippen LogP contribution in [0.25, 0.3) is 0 Å². The van der Waals surface area contributed by atoms with E-state index in [9.17, 15) is 9.90 Å². The zero-order valence-corrected chi connectivity index (χ0v) is 10.7. The van der Waals surface area contributed by atoms with Crippen LogP contribution in [-0.4, -0.2) is 16.2 Å². The van der Waals surface area contributed by atoms with Crippen molar-refractivity contribution in [1.82, 2.24) is 0 Å². The van der Waals surface area contributed by atoms with Crippen LogP contribution in [0.4, 0.5) is 0 Å². The van der Waals surface area contributed by atoms with Crippen LogP contribution in [0, 0.1) is 5.92 Å². The van der Waals surface area contributed by atoms with E-state index in [0.29, 0.717) is 18.8 Å². The molecular formula is C14H20O4. The summed E-state index contributed by atoms with van der Waals surface area (Å²) < 4.78 is 5.26. The number of aromatic carboxylic acids is 1. The maximum Gasteiger partial charge on any atom is 0.339 e. The summed E-state index contributed by atoms with van der Waals surface area (Å²) >= 11 is 0. The number of carboxylic acids is 1. The second kappa shape index (κ2) is 5.14. The Morgan fingerprint density at radius 1 is 1.50 bits per heavy atom. The van der Waals surface area contributed by atoms with Crippen molar-refractivity contribution in [1.29, 1.82) is 0 Å². The summed E-state index contributed by atoms with van der Waals surface area (Å²) in [5.41, 5.74) is -1.02. The molecule has 2 atom stereocenters. The van der Waals surface area contributed by atoms with E-state index < -0.39 is 11.6 Å². The van der Waals surface area contributed by atoms with Crippen LogP contribution in [0.2, 0.25) is 0 Å². The maximum atomic E-state index is 11.1. The van der Waals surface area contributed by atoms with Crippen molar-refractivity contribution in [3.63, 3.8) is 0 Å². The predicted octanol–water partition coefficient (Wildman–Crippen LogP) is 3.16. The zero-order chi connectivity index (χ0) is 13.2. The summed E-state index contributed by atoms with van der Waals surface area (Å²) in [5, 5.41) is 19.8. The van der Waals surface area contributed by atoms with Crippen LogP contribution in [0.1, 0.15) is 61.6 Å². The van der Waals surface area contributed by atoms with Crippen LogP contribution in [0.15, 0.2) is 16.7 Å². The van der Waals surface area contributed by atoms with Gasteiger partial charge in [0.2, 0.25) is 0 Å². The Balaban J connectivity index is 2.24. The number of carbonyl (C=O) groups is 1. The van der Waals surface area contributed by atoms with Gasteiger partial charge in [0.25, 0.3) is 0 Å². The maximum absolute atomic E-state index is 11.1. The van der Waals surface area contributed by atoms with Gasteiger partial charge in [-0.25, -0.2) is 4.79 Å². The van der Waals surface area contributed by atoms with E-state index in [0.717, 1.165) is 25.7 Å². The number of rotatable bonds is 3. The highest BCUT2D eigenvalue weighted by Crippen LogP contribution is 2.40. The van der Waals surface area contributed by atoms with Crippen LogP contribution in [-0.2, 0) is 5.60 Å². The Labute approximate surface area is 107 Å². The number of aliphatic hydroxyl groups is 1. The molecule has 0 bridgehead atoms. The van der Waals surface area contributed by atoms with Gasteiger partial charge < -0.3 is 14.6 Å². The van der Waals surface area contributed by atoms with Gasteiger partial charge >= 0.3 is 5.97 Å². The average Bonchev–Trinajstić information content (AvgIpc) is 2.76. The zero-order valence-electron chi connectivity index (χ0n) is 10.7. The average molecular weight is 252 g/mol. The summed E-state index contributed by atoms with van der Waals surface area (Å²) in [7, 11) is 0. The van der Waals surface area contributed by atoms with Crippen molar-refractivity contribution in [2.24, 2.45) is 5.92 Å². The smallest absolute Gasteiger partial charge is 0.339 e. The minimum Gasteiger partial charge on any atom is -0.478 e. The van der Waals surface area contributed by atoms with Crippen molar-refractivity contribution in [3.8, 4) is 0 Å². The largest absolute Gasteiger partial charge is 0.478 e. The van der Waals surface area contributed by atoms with E-state index in [2.05, 4.69) is 6.92 Å². The number of carboxylic acid groups (broad SMARTS) is 1. The lowest BCUT2D eigenvalue weighted by atomic mass is 9.88. The minimum absolute atomic E-state index is 0.0902. The highest BCUT2D eigenvalue weighted by Gasteiger charge is 2.38. The fraction of sp³-hybridized carbons (Fsp3) is 0.643. The molecule has 4 heteroatoms. The molecule has 1 fully saturated rings. The van der Waals surface area contributed by atoms with Crippen molar-refractivity contribution in [3.05, 3.63) is 23.7 Å². The fourth-order valence-corrected chi connectivity index (χ4v) is 2.87. The molecular weight excluding hydrogens is 232 g/mol. The van der Waals surface area contributed by atoms with E-state index in [-0.39, 0.29) is 11.3 Å². The van der Waals surface area contributed by atoms with Crippen molar-refractivity contribution in [2.45, 2.75) is 51.0 Å². The summed E-state index contributed by atoms with van der Waals surface area (Å²) in [4.78, 5) is 11.1. The lowest BCUT2D eigenvalue weighted by molar-refractivity contribution is -0.00286. The molecule has 0 amide bonds. The molecule has 0 aliphatic heterocycles. The second-order valence-electron chi connectivity index (χ2n) is 5.21. The van der Waals surface area contributed by atoms with Gasteiger partial charge in [-0.1, -0.05) is 19.8 Å². The first-order chi connectivity index (χ1) is 8.57. The third-order valence-corrected chi connectivity index (χ3v) is 4.06. The minimum atomic E-state index is -1.11. The monoisotopic (exact) mass is 252 g/mol. The summed E-state index contributed by atoms with van der Waals surface area (Å²) in [6.45, 7) is 2.16. The molecule has 18 heavy (non-hydrogen) atoms. The Kier molecular flexibility index (Phi) is 3.76. The lowest BCUT2D eigenvalue weighted by Crippen LogP contribution is -2.26. The quantitative estimate of drug-likeness (QED) is 0.811. The molecule has 1 aliphatic rings. The van der Waals surface area contributed by atoms with E-state index in [1.807, 2.05) is 0 Å². The highest BCUT2D eigenvalue weighted by atomic mass is 16.4. The van der Waals surface area contributed by atoms with Gasteiger partial charge in [0.05, 0.1) is 6.26 Å². The van der Waals surface area contributed by atoms with E-state index in [1.165, 1.54) is 12.3 Å². The Bertz CT molecular complexity index is 423. The van der Waals surface area contributed by atoms with Crippen LogP contribution >= 0.6 is 0 Å². The third-order valence-electron chi connectivity index (χ3n) is 4.06. The molecule has 100 valence electrons. The van der Waals surface area contributed by atoms with E-state index in [4.69, 9.17) is 9.52 Å². The Morgan fingerprint density at radius 3 is 2.94 bits per heavy atom.